The summed E-state index contributed by atoms with van der Waals surface area (Å²) in [5.41, 5.74) is 0.479. The third kappa shape index (κ3) is 3.76. The summed E-state index contributed by atoms with van der Waals surface area (Å²) in [6, 6.07) is 5.37. The van der Waals surface area contributed by atoms with E-state index in [0.717, 1.165) is 4.47 Å². The van der Waals surface area contributed by atoms with Gasteiger partial charge in [-0.2, -0.15) is 0 Å². The van der Waals surface area contributed by atoms with Gasteiger partial charge in [0, 0.05) is 16.9 Å². The van der Waals surface area contributed by atoms with Gasteiger partial charge in [-0.05, 0) is 54.8 Å². The van der Waals surface area contributed by atoms with Crippen LogP contribution < -0.4 is 5.56 Å². The number of para-hydroxylation sites is 1. The number of carbonyl (C=O) groups excluding carboxylic acids is 2. The summed E-state index contributed by atoms with van der Waals surface area (Å²) in [6.07, 6.45) is 0.839. The smallest absolute Gasteiger partial charge is 0.320 e. The molecule has 0 aliphatic carbocycles. The lowest BCUT2D eigenvalue weighted by Gasteiger charge is -2.18. The fraction of sp³-hybridized carbons (Fsp3) is 0.474. The van der Waals surface area contributed by atoms with Gasteiger partial charge in [-0.3, -0.25) is 19.0 Å². The molecule has 8 heteroatoms. The van der Waals surface area contributed by atoms with Gasteiger partial charge < -0.3 is 9.47 Å². The molecule has 2 aromatic rings. The van der Waals surface area contributed by atoms with E-state index < -0.39 is 17.9 Å². The second-order valence-corrected chi connectivity index (χ2v) is 7.20. The van der Waals surface area contributed by atoms with E-state index in [1.54, 1.807) is 30.5 Å². The summed E-state index contributed by atoms with van der Waals surface area (Å²) in [7, 11) is 0. The maximum Gasteiger partial charge on any atom is 0.320 e. The summed E-state index contributed by atoms with van der Waals surface area (Å²) in [5, 5.41) is 0.543. The maximum absolute atomic E-state index is 12.8. The molecule has 27 heavy (non-hydrogen) atoms. The van der Waals surface area contributed by atoms with Crippen molar-refractivity contribution >= 4 is 38.8 Å². The number of carbonyl (C=O) groups is 2. The number of rotatable bonds is 6. The SMILES string of the molecule is CCOC(=O)C(CC1CCn2c1nc1c(Br)cccc1c2=O)C(=O)OCC. The van der Waals surface area contributed by atoms with Crippen LogP contribution in [0.25, 0.3) is 10.9 Å². The highest BCUT2D eigenvalue weighted by molar-refractivity contribution is 9.10. The number of benzene rings is 1. The molecule has 1 aliphatic heterocycles. The van der Waals surface area contributed by atoms with E-state index in [9.17, 15) is 14.4 Å². The van der Waals surface area contributed by atoms with E-state index in [1.807, 2.05) is 6.07 Å². The van der Waals surface area contributed by atoms with Gasteiger partial charge in [-0.25, -0.2) is 4.98 Å². The number of esters is 2. The Bertz CT molecular complexity index is 922. The lowest BCUT2D eigenvalue weighted by Crippen LogP contribution is -2.30. The summed E-state index contributed by atoms with van der Waals surface area (Å²) in [6.45, 7) is 4.26. The normalized spacial score (nSPS) is 15.8. The van der Waals surface area contributed by atoms with Crippen molar-refractivity contribution in [1.82, 2.24) is 9.55 Å². The predicted octanol–water partition coefficient (Wildman–Crippen LogP) is 2.78. The molecule has 1 aromatic carbocycles. The first kappa shape index (κ1) is 19.5. The number of nitrogens with zero attached hydrogens (tertiary/aromatic N) is 2. The topological polar surface area (TPSA) is 87.5 Å². The molecule has 2 heterocycles. The Balaban J connectivity index is 1.97. The lowest BCUT2D eigenvalue weighted by atomic mass is 9.93. The molecule has 0 saturated carbocycles. The highest BCUT2D eigenvalue weighted by atomic mass is 79.9. The molecule has 1 unspecified atom stereocenters. The third-order valence-electron chi connectivity index (χ3n) is 4.69. The number of ether oxygens (including phenoxy) is 2. The number of hydrogen-bond acceptors (Lipinski definition) is 6. The zero-order valence-corrected chi connectivity index (χ0v) is 16.8. The van der Waals surface area contributed by atoms with Crippen LogP contribution in [0.2, 0.25) is 0 Å². The van der Waals surface area contributed by atoms with Gasteiger partial charge in [0.1, 0.15) is 5.82 Å². The van der Waals surface area contributed by atoms with Crippen molar-refractivity contribution in [2.45, 2.75) is 39.2 Å². The molecule has 0 saturated heterocycles. The Kier molecular flexibility index (Phi) is 5.94. The van der Waals surface area contributed by atoms with Crippen molar-refractivity contribution in [1.29, 1.82) is 0 Å². The Morgan fingerprint density at radius 2 is 1.93 bits per heavy atom. The summed E-state index contributed by atoms with van der Waals surface area (Å²) < 4.78 is 12.5. The minimum Gasteiger partial charge on any atom is -0.465 e. The van der Waals surface area contributed by atoms with Crippen LogP contribution in [0.4, 0.5) is 0 Å². The van der Waals surface area contributed by atoms with Crippen LogP contribution >= 0.6 is 15.9 Å². The lowest BCUT2D eigenvalue weighted by molar-refractivity contribution is -0.162. The van der Waals surface area contributed by atoms with Crippen molar-refractivity contribution < 1.29 is 19.1 Å². The van der Waals surface area contributed by atoms with Gasteiger partial charge in [0.25, 0.3) is 5.56 Å². The highest BCUT2D eigenvalue weighted by Gasteiger charge is 2.36. The minimum absolute atomic E-state index is 0.109. The number of halogens is 1. The standard InChI is InChI=1S/C19H21BrN2O5/c1-3-26-18(24)13(19(25)27-4-2)10-11-8-9-22-16(11)21-15-12(17(22)23)6-5-7-14(15)20/h5-7,11,13H,3-4,8-10H2,1-2H3. The van der Waals surface area contributed by atoms with Crippen LogP contribution in [-0.2, 0) is 25.6 Å². The van der Waals surface area contributed by atoms with Gasteiger partial charge in [-0.1, -0.05) is 6.07 Å². The van der Waals surface area contributed by atoms with E-state index in [0.29, 0.717) is 29.7 Å². The van der Waals surface area contributed by atoms with Crippen LogP contribution in [0.15, 0.2) is 27.5 Å². The van der Waals surface area contributed by atoms with Gasteiger partial charge in [0.05, 0.1) is 24.1 Å². The van der Waals surface area contributed by atoms with Gasteiger partial charge in [-0.15, -0.1) is 0 Å². The van der Waals surface area contributed by atoms with E-state index in [4.69, 9.17) is 9.47 Å². The quantitative estimate of drug-likeness (QED) is 0.510. The Morgan fingerprint density at radius 3 is 2.56 bits per heavy atom. The molecule has 0 N–H and O–H groups in total. The van der Waals surface area contributed by atoms with E-state index in [2.05, 4.69) is 20.9 Å². The minimum atomic E-state index is -1.02. The van der Waals surface area contributed by atoms with Crippen LogP contribution in [0.1, 0.15) is 38.4 Å². The van der Waals surface area contributed by atoms with Crippen LogP contribution in [0.3, 0.4) is 0 Å². The van der Waals surface area contributed by atoms with Crippen molar-refractivity contribution in [3.8, 4) is 0 Å². The monoisotopic (exact) mass is 436 g/mol. The van der Waals surface area contributed by atoms with Crippen molar-refractivity contribution in [3.05, 3.63) is 38.9 Å². The number of hydrogen-bond donors (Lipinski definition) is 0. The Morgan fingerprint density at radius 1 is 1.26 bits per heavy atom. The van der Waals surface area contributed by atoms with Gasteiger partial charge in [0.15, 0.2) is 5.92 Å². The van der Waals surface area contributed by atoms with E-state index in [1.165, 1.54) is 0 Å². The van der Waals surface area contributed by atoms with Crippen LogP contribution in [0.5, 0.6) is 0 Å². The van der Waals surface area contributed by atoms with Crippen molar-refractivity contribution in [2.24, 2.45) is 5.92 Å². The molecule has 1 atom stereocenters. The summed E-state index contributed by atoms with van der Waals surface area (Å²) in [4.78, 5) is 42.0. The fourth-order valence-corrected chi connectivity index (χ4v) is 3.90. The molecular formula is C19H21BrN2O5. The highest BCUT2D eigenvalue weighted by Crippen LogP contribution is 2.34. The first-order valence-corrected chi connectivity index (χ1v) is 9.79. The fourth-order valence-electron chi connectivity index (χ4n) is 3.45. The Hall–Kier alpha value is -2.22. The van der Waals surface area contributed by atoms with Crippen molar-refractivity contribution in [3.63, 3.8) is 0 Å². The third-order valence-corrected chi connectivity index (χ3v) is 5.33. The predicted molar refractivity (Wildman–Crippen MR) is 102 cm³/mol. The zero-order chi connectivity index (χ0) is 19.6. The molecule has 7 nitrogen and oxygen atoms in total. The molecule has 0 bridgehead atoms. The van der Waals surface area contributed by atoms with E-state index >= 15 is 0 Å². The number of aromatic nitrogens is 2. The first-order chi connectivity index (χ1) is 13.0. The second-order valence-electron chi connectivity index (χ2n) is 6.34. The molecule has 3 rings (SSSR count). The molecule has 1 aliphatic rings. The summed E-state index contributed by atoms with van der Waals surface area (Å²) in [5.74, 6) is -1.82. The largest absolute Gasteiger partial charge is 0.465 e. The number of fused-ring (bicyclic) bond motifs is 2. The summed E-state index contributed by atoms with van der Waals surface area (Å²) >= 11 is 3.44. The molecule has 0 fully saturated rings. The average Bonchev–Trinajstić information content (AvgIpc) is 3.04. The second kappa shape index (κ2) is 8.21. The van der Waals surface area contributed by atoms with Crippen molar-refractivity contribution in [2.75, 3.05) is 13.2 Å². The van der Waals surface area contributed by atoms with Crippen LogP contribution in [0, 0.1) is 5.92 Å². The molecule has 0 spiro atoms. The molecule has 0 radical (unpaired) electrons. The molecular weight excluding hydrogens is 416 g/mol. The van der Waals surface area contributed by atoms with Gasteiger partial charge in [0.2, 0.25) is 0 Å². The average molecular weight is 437 g/mol. The first-order valence-electron chi connectivity index (χ1n) is 9.00. The van der Waals surface area contributed by atoms with Crippen LogP contribution in [-0.4, -0.2) is 34.7 Å². The van der Waals surface area contributed by atoms with E-state index in [-0.39, 0.29) is 31.1 Å². The molecule has 144 valence electrons. The molecule has 1 aromatic heterocycles. The Labute approximate surface area is 164 Å². The maximum atomic E-state index is 12.8. The molecule has 0 amide bonds. The van der Waals surface area contributed by atoms with Gasteiger partial charge >= 0.3 is 11.9 Å². The zero-order valence-electron chi connectivity index (χ0n) is 15.2.